The van der Waals surface area contributed by atoms with Crippen molar-refractivity contribution in [2.45, 2.75) is 12.8 Å². The number of carbonyl (C=O) groups is 2. The number of nitrogens with one attached hydrogen (secondary N) is 1. The molecule has 1 fully saturated rings. The van der Waals surface area contributed by atoms with Crippen LogP contribution in [-0.2, 0) is 14.3 Å². The van der Waals surface area contributed by atoms with Gasteiger partial charge in [-0.25, -0.2) is 4.79 Å². The summed E-state index contributed by atoms with van der Waals surface area (Å²) in [6.07, 6.45) is 1.40. The van der Waals surface area contributed by atoms with Crippen molar-refractivity contribution in [2.75, 3.05) is 25.1 Å². The third kappa shape index (κ3) is 3.96. The number of ether oxygens (including phenoxy) is 2. The second-order valence-electron chi connectivity index (χ2n) is 4.55. The van der Waals surface area contributed by atoms with Gasteiger partial charge in [0.1, 0.15) is 5.75 Å². The van der Waals surface area contributed by atoms with Crippen LogP contribution in [0.3, 0.4) is 0 Å². The fourth-order valence-electron chi connectivity index (χ4n) is 2.03. The molecule has 1 aromatic carbocycles. The van der Waals surface area contributed by atoms with Gasteiger partial charge in [0, 0.05) is 19.1 Å². The zero-order chi connectivity index (χ0) is 14.4. The second-order valence-corrected chi connectivity index (χ2v) is 4.55. The van der Waals surface area contributed by atoms with Crippen molar-refractivity contribution in [3.8, 4) is 5.75 Å². The summed E-state index contributed by atoms with van der Waals surface area (Å²) in [7, 11) is 0. The van der Waals surface area contributed by atoms with E-state index < -0.39 is 12.6 Å². The van der Waals surface area contributed by atoms with Gasteiger partial charge in [-0.15, -0.1) is 0 Å². The largest absolute Gasteiger partial charge is 0.480 e. The third-order valence-electron chi connectivity index (χ3n) is 3.09. The molecule has 1 aliphatic rings. The molecular formula is C14H17NO5. The minimum Gasteiger partial charge on any atom is -0.480 e. The monoisotopic (exact) mass is 279 g/mol. The van der Waals surface area contributed by atoms with Crippen LogP contribution in [0.4, 0.5) is 5.69 Å². The Morgan fingerprint density at radius 1 is 1.30 bits per heavy atom. The van der Waals surface area contributed by atoms with Crippen molar-refractivity contribution < 1.29 is 24.2 Å². The Bertz CT molecular complexity index is 482. The number of para-hydroxylation sites is 2. The van der Waals surface area contributed by atoms with E-state index in [4.69, 9.17) is 14.6 Å². The molecule has 6 heteroatoms. The smallest absolute Gasteiger partial charge is 0.341 e. The maximum Gasteiger partial charge on any atom is 0.341 e. The molecule has 0 radical (unpaired) electrons. The van der Waals surface area contributed by atoms with E-state index >= 15 is 0 Å². The zero-order valence-corrected chi connectivity index (χ0v) is 11.0. The van der Waals surface area contributed by atoms with Crippen molar-refractivity contribution in [1.29, 1.82) is 0 Å². The van der Waals surface area contributed by atoms with Gasteiger partial charge in [-0.3, -0.25) is 4.79 Å². The SMILES string of the molecule is O=C(O)COc1ccccc1NC(=O)C1CCOCC1. The molecule has 1 heterocycles. The maximum absolute atomic E-state index is 12.1. The van der Waals surface area contributed by atoms with E-state index in [0.717, 1.165) is 0 Å². The van der Waals surface area contributed by atoms with Crippen LogP contribution in [0.15, 0.2) is 24.3 Å². The number of carbonyl (C=O) groups excluding carboxylic acids is 1. The fraction of sp³-hybridized carbons (Fsp3) is 0.429. The van der Waals surface area contributed by atoms with Gasteiger partial charge in [-0.1, -0.05) is 12.1 Å². The van der Waals surface area contributed by atoms with Gasteiger partial charge in [0.25, 0.3) is 0 Å². The van der Waals surface area contributed by atoms with E-state index in [1.54, 1.807) is 24.3 Å². The van der Waals surface area contributed by atoms with Gasteiger partial charge in [0.05, 0.1) is 5.69 Å². The molecule has 0 aromatic heterocycles. The number of amides is 1. The highest BCUT2D eigenvalue weighted by atomic mass is 16.5. The lowest BCUT2D eigenvalue weighted by molar-refractivity contribution is -0.139. The van der Waals surface area contributed by atoms with Crippen LogP contribution >= 0.6 is 0 Å². The van der Waals surface area contributed by atoms with E-state index in [2.05, 4.69) is 5.32 Å². The number of carboxylic acid groups (broad SMARTS) is 1. The first-order valence-corrected chi connectivity index (χ1v) is 6.49. The van der Waals surface area contributed by atoms with Gasteiger partial charge in [0.15, 0.2) is 6.61 Å². The summed E-state index contributed by atoms with van der Waals surface area (Å²) in [6.45, 7) is 0.745. The lowest BCUT2D eigenvalue weighted by Gasteiger charge is -2.21. The number of rotatable bonds is 5. The van der Waals surface area contributed by atoms with Crippen molar-refractivity contribution >= 4 is 17.6 Å². The lowest BCUT2D eigenvalue weighted by atomic mass is 9.99. The number of hydrogen-bond donors (Lipinski definition) is 2. The van der Waals surface area contributed by atoms with Gasteiger partial charge in [-0.2, -0.15) is 0 Å². The van der Waals surface area contributed by atoms with Gasteiger partial charge < -0.3 is 19.9 Å². The van der Waals surface area contributed by atoms with Gasteiger partial charge in [-0.05, 0) is 25.0 Å². The van der Waals surface area contributed by atoms with Crippen molar-refractivity contribution in [1.82, 2.24) is 0 Å². The molecule has 20 heavy (non-hydrogen) atoms. The first-order chi connectivity index (χ1) is 9.66. The number of benzene rings is 1. The molecular weight excluding hydrogens is 262 g/mol. The topological polar surface area (TPSA) is 84.9 Å². The van der Waals surface area contributed by atoms with Crippen LogP contribution in [0.5, 0.6) is 5.75 Å². The summed E-state index contributed by atoms with van der Waals surface area (Å²) in [5.41, 5.74) is 0.491. The molecule has 2 rings (SSSR count). The summed E-state index contributed by atoms with van der Waals surface area (Å²) in [5, 5.41) is 11.4. The molecule has 1 aromatic rings. The van der Waals surface area contributed by atoms with E-state index in [0.29, 0.717) is 37.5 Å². The number of aliphatic carboxylic acids is 1. The third-order valence-corrected chi connectivity index (χ3v) is 3.09. The van der Waals surface area contributed by atoms with Gasteiger partial charge >= 0.3 is 5.97 Å². The standard InChI is InChI=1S/C14H17NO5/c16-13(17)9-20-12-4-2-1-3-11(12)15-14(18)10-5-7-19-8-6-10/h1-4,10H,5-9H2,(H,15,18)(H,16,17). The molecule has 0 unspecified atom stereocenters. The molecule has 1 aliphatic heterocycles. The molecule has 0 bridgehead atoms. The quantitative estimate of drug-likeness (QED) is 0.853. The molecule has 1 amide bonds. The lowest BCUT2D eigenvalue weighted by Crippen LogP contribution is -2.28. The van der Waals surface area contributed by atoms with Crippen molar-refractivity contribution in [3.63, 3.8) is 0 Å². The molecule has 0 aliphatic carbocycles. The number of anilines is 1. The average Bonchev–Trinajstić information content (AvgIpc) is 2.47. The minimum absolute atomic E-state index is 0.0729. The van der Waals surface area contributed by atoms with Crippen LogP contribution in [0.25, 0.3) is 0 Å². The summed E-state index contributed by atoms with van der Waals surface area (Å²) >= 11 is 0. The van der Waals surface area contributed by atoms with Crippen LogP contribution in [-0.4, -0.2) is 36.8 Å². The van der Waals surface area contributed by atoms with Crippen molar-refractivity contribution in [2.24, 2.45) is 5.92 Å². The normalized spacial score (nSPS) is 15.6. The Morgan fingerprint density at radius 3 is 2.70 bits per heavy atom. The Morgan fingerprint density at radius 2 is 2.00 bits per heavy atom. The Hall–Kier alpha value is -2.08. The van der Waals surface area contributed by atoms with Crippen LogP contribution in [0.1, 0.15) is 12.8 Å². The first-order valence-electron chi connectivity index (χ1n) is 6.49. The average molecular weight is 279 g/mol. The van der Waals surface area contributed by atoms with E-state index in [9.17, 15) is 9.59 Å². The Kier molecular flexibility index (Phi) is 4.95. The number of carboxylic acids is 1. The molecule has 6 nitrogen and oxygen atoms in total. The summed E-state index contributed by atoms with van der Waals surface area (Å²) < 4.78 is 10.4. The number of hydrogen-bond acceptors (Lipinski definition) is 4. The highest BCUT2D eigenvalue weighted by molar-refractivity contribution is 5.94. The Labute approximate surface area is 116 Å². The summed E-state index contributed by atoms with van der Waals surface area (Å²) in [5.74, 6) is -0.859. The highest BCUT2D eigenvalue weighted by Crippen LogP contribution is 2.25. The van der Waals surface area contributed by atoms with E-state index in [1.165, 1.54) is 0 Å². The van der Waals surface area contributed by atoms with E-state index in [-0.39, 0.29) is 11.8 Å². The molecule has 108 valence electrons. The highest BCUT2D eigenvalue weighted by Gasteiger charge is 2.22. The molecule has 0 spiro atoms. The van der Waals surface area contributed by atoms with Crippen LogP contribution in [0.2, 0.25) is 0 Å². The molecule has 1 saturated heterocycles. The van der Waals surface area contributed by atoms with Gasteiger partial charge in [0.2, 0.25) is 5.91 Å². The summed E-state index contributed by atoms with van der Waals surface area (Å²) in [4.78, 5) is 22.6. The van der Waals surface area contributed by atoms with Crippen LogP contribution in [0, 0.1) is 5.92 Å². The predicted octanol–water partition coefficient (Wildman–Crippen LogP) is 1.52. The fourth-order valence-corrected chi connectivity index (χ4v) is 2.03. The zero-order valence-electron chi connectivity index (χ0n) is 11.0. The summed E-state index contributed by atoms with van der Waals surface area (Å²) in [6, 6.07) is 6.80. The molecule has 0 saturated carbocycles. The Balaban J connectivity index is 2.00. The van der Waals surface area contributed by atoms with E-state index in [1.807, 2.05) is 0 Å². The minimum atomic E-state index is -1.06. The first kappa shape index (κ1) is 14.3. The van der Waals surface area contributed by atoms with Crippen LogP contribution < -0.4 is 10.1 Å². The van der Waals surface area contributed by atoms with Crippen molar-refractivity contribution in [3.05, 3.63) is 24.3 Å². The molecule has 0 atom stereocenters. The predicted molar refractivity (Wildman–Crippen MR) is 71.7 cm³/mol. The molecule has 2 N–H and O–H groups in total. The second kappa shape index (κ2) is 6.91. The maximum atomic E-state index is 12.1.